The number of hydrogen-bond donors (Lipinski definition) is 1. The van der Waals surface area contributed by atoms with Crippen LogP contribution in [-0.2, 0) is 5.72 Å². The Hall–Kier alpha value is -3.48. The fourth-order valence-electron chi connectivity index (χ4n) is 3.25. The van der Waals surface area contributed by atoms with Crippen molar-refractivity contribution < 1.29 is 22.6 Å². The minimum Gasteiger partial charge on any atom is -0.497 e. The minimum absolute atomic E-state index is 0.0284. The first-order valence-corrected chi connectivity index (χ1v) is 9.25. The molecule has 4 rings (SSSR count). The topological polar surface area (TPSA) is 42.9 Å². The van der Waals surface area contributed by atoms with Crippen LogP contribution in [0.1, 0.15) is 16.7 Å². The van der Waals surface area contributed by atoms with E-state index in [1.807, 2.05) is 6.07 Å². The Morgan fingerprint density at radius 1 is 0.967 bits per heavy atom. The number of para-hydroxylation sites is 1. The number of halogens is 3. The van der Waals surface area contributed by atoms with Crippen LogP contribution in [0, 0.1) is 6.92 Å². The number of amidine groups is 1. The summed E-state index contributed by atoms with van der Waals surface area (Å²) in [5.74, 6) is 0.471. The molecule has 0 amide bonds. The predicted octanol–water partition coefficient (Wildman–Crippen LogP) is 5.67. The molecule has 3 aromatic carbocycles. The normalized spacial score (nSPS) is 18.1. The average molecular weight is 412 g/mol. The monoisotopic (exact) mass is 412 g/mol. The Bertz CT molecular complexity index is 1080. The molecule has 0 bridgehead atoms. The van der Waals surface area contributed by atoms with Crippen molar-refractivity contribution in [2.45, 2.75) is 18.8 Å². The fourth-order valence-corrected chi connectivity index (χ4v) is 3.25. The van der Waals surface area contributed by atoms with Crippen molar-refractivity contribution in [1.82, 2.24) is 0 Å². The van der Waals surface area contributed by atoms with E-state index in [1.165, 1.54) is 25.3 Å². The van der Waals surface area contributed by atoms with Crippen molar-refractivity contribution in [2.24, 2.45) is 4.99 Å². The van der Waals surface area contributed by atoms with Gasteiger partial charge in [0.2, 0.25) is 0 Å². The molecule has 0 fully saturated rings. The first kappa shape index (κ1) is 19.8. The van der Waals surface area contributed by atoms with Crippen molar-refractivity contribution in [3.05, 3.63) is 89.5 Å². The fraction of sp³-hybridized carbons (Fsp3) is 0.174. The number of alkyl halides is 3. The molecule has 1 heterocycles. The number of aliphatic imine (C=N–C) groups is 1. The highest BCUT2D eigenvalue weighted by Gasteiger charge is 2.61. The second kappa shape index (κ2) is 7.40. The highest BCUT2D eigenvalue weighted by molar-refractivity contribution is 6.11. The zero-order valence-electron chi connectivity index (χ0n) is 16.3. The molecule has 1 unspecified atom stereocenters. The van der Waals surface area contributed by atoms with Crippen LogP contribution in [0.15, 0.2) is 77.8 Å². The van der Waals surface area contributed by atoms with E-state index in [9.17, 15) is 13.2 Å². The van der Waals surface area contributed by atoms with Crippen LogP contribution in [0.25, 0.3) is 0 Å². The van der Waals surface area contributed by atoms with Gasteiger partial charge < -0.3 is 14.8 Å². The highest BCUT2D eigenvalue weighted by atomic mass is 19.4. The SMILES string of the molecule is COc1ccc2c(c1)OC(c1ccc(C)cc1)(C(F)(F)F)N=C2Nc1ccccc1. The lowest BCUT2D eigenvalue weighted by atomic mass is 9.98. The first-order chi connectivity index (χ1) is 14.3. The van der Waals surface area contributed by atoms with E-state index in [-0.39, 0.29) is 17.1 Å². The summed E-state index contributed by atoms with van der Waals surface area (Å²) in [6.45, 7) is 1.80. The van der Waals surface area contributed by atoms with Crippen molar-refractivity contribution in [3.63, 3.8) is 0 Å². The molecule has 7 heteroatoms. The lowest BCUT2D eigenvalue weighted by Crippen LogP contribution is -2.49. The summed E-state index contributed by atoms with van der Waals surface area (Å²) in [7, 11) is 1.44. The number of nitrogens with zero attached hydrogens (tertiary/aromatic N) is 1. The Morgan fingerprint density at radius 3 is 2.30 bits per heavy atom. The van der Waals surface area contributed by atoms with Gasteiger partial charge in [0, 0.05) is 17.3 Å². The van der Waals surface area contributed by atoms with Gasteiger partial charge in [0.25, 0.3) is 0 Å². The third kappa shape index (κ3) is 3.47. The average Bonchev–Trinajstić information content (AvgIpc) is 2.73. The van der Waals surface area contributed by atoms with E-state index in [0.717, 1.165) is 5.56 Å². The van der Waals surface area contributed by atoms with Gasteiger partial charge in [0.05, 0.1) is 12.7 Å². The molecule has 0 aliphatic carbocycles. The lowest BCUT2D eigenvalue weighted by molar-refractivity contribution is -0.252. The summed E-state index contributed by atoms with van der Waals surface area (Å²) in [5.41, 5.74) is -1.15. The van der Waals surface area contributed by atoms with Gasteiger partial charge in [-0.25, -0.2) is 4.99 Å². The molecule has 30 heavy (non-hydrogen) atoms. The van der Waals surface area contributed by atoms with Crippen LogP contribution in [0.3, 0.4) is 0 Å². The molecular formula is C23H19F3N2O2. The number of anilines is 1. The van der Waals surface area contributed by atoms with Gasteiger partial charge in [-0.3, -0.25) is 0 Å². The number of nitrogens with one attached hydrogen (secondary N) is 1. The van der Waals surface area contributed by atoms with Gasteiger partial charge in [-0.1, -0.05) is 48.0 Å². The molecular weight excluding hydrogens is 393 g/mol. The molecule has 0 radical (unpaired) electrons. The molecule has 0 aromatic heterocycles. The summed E-state index contributed by atoms with van der Waals surface area (Å²) in [6.07, 6.45) is -4.81. The van der Waals surface area contributed by atoms with Crippen molar-refractivity contribution >= 4 is 11.5 Å². The number of fused-ring (bicyclic) bond motifs is 1. The molecule has 3 aromatic rings. The third-order valence-corrected chi connectivity index (χ3v) is 4.83. The van der Waals surface area contributed by atoms with Crippen LogP contribution in [0.2, 0.25) is 0 Å². The van der Waals surface area contributed by atoms with Gasteiger partial charge in [0.1, 0.15) is 17.3 Å². The van der Waals surface area contributed by atoms with Crippen LogP contribution in [-0.4, -0.2) is 19.1 Å². The van der Waals surface area contributed by atoms with Gasteiger partial charge in [-0.05, 0) is 31.2 Å². The summed E-state index contributed by atoms with van der Waals surface area (Å²) in [6, 6.07) is 19.6. The van der Waals surface area contributed by atoms with E-state index in [4.69, 9.17) is 9.47 Å². The van der Waals surface area contributed by atoms with Crippen molar-refractivity contribution in [2.75, 3.05) is 12.4 Å². The van der Waals surface area contributed by atoms with Gasteiger partial charge in [-0.2, -0.15) is 13.2 Å². The molecule has 1 aliphatic rings. The number of benzene rings is 3. The van der Waals surface area contributed by atoms with Crippen LogP contribution in [0.5, 0.6) is 11.5 Å². The second-order valence-electron chi connectivity index (χ2n) is 6.92. The maximum Gasteiger partial charge on any atom is 0.455 e. The predicted molar refractivity (Wildman–Crippen MR) is 109 cm³/mol. The molecule has 1 atom stereocenters. The van der Waals surface area contributed by atoms with Crippen molar-refractivity contribution in [3.8, 4) is 11.5 Å². The van der Waals surface area contributed by atoms with Crippen LogP contribution >= 0.6 is 0 Å². The Morgan fingerprint density at radius 2 is 1.67 bits per heavy atom. The molecule has 0 spiro atoms. The maximum absolute atomic E-state index is 14.5. The lowest BCUT2D eigenvalue weighted by Gasteiger charge is -2.37. The molecule has 4 nitrogen and oxygen atoms in total. The zero-order chi connectivity index (χ0) is 21.4. The van der Waals surface area contributed by atoms with Gasteiger partial charge >= 0.3 is 11.9 Å². The molecule has 1 aliphatic heterocycles. The first-order valence-electron chi connectivity index (χ1n) is 9.25. The smallest absolute Gasteiger partial charge is 0.455 e. The highest BCUT2D eigenvalue weighted by Crippen LogP contribution is 2.48. The molecule has 0 saturated carbocycles. The summed E-state index contributed by atoms with van der Waals surface area (Å²) in [5, 5.41) is 3.01. The van der Waals surface area contributed by atoms with Crippen molar-refractivity contribution in [1.29, 1.82) is 0 Å². The number of hydrogen-bond acceptors (Lipinski definition) is 4. The second-order valence-corrected chi connectivity index (χ2v) is 6.92. The quantitative estimate of drug-likeness (QED) is 0.603. The van der Waals surface area contributed by atoms with Crippen LogP contribution in [0.4, 0.5) is 18.9 Å². The van der Waals surface area contributed by atoms with Gasteiger partial charge in [-0.15, -0.1) is 0 Å². The van der Waals surface area contributed by atoms with Gasteiger partial charge in [0.15, 0.2) is 0 Å². The molecule has 154 valence electrons. The maximum atomic E-state index is 14.5. The van der Waals surface area contributed by atoms with E-state index in [0.29, 0.717) is 17.0 Å². The number of rotatable bonds is 3. The zero-order valence-corrected chi connectivity index (χ0v) is 16.3. The minimum atomic E-state index is -4.81. The summed E-state index contributed by atoms with van der Waals surface area (Å²) in [4.78, 5) is 4.09. The molecule has 1 N–H and O–H groups in total. The van der Waals surface area contributed by atoms with E-state index < -0.39 is 11.9 Å². The largest absolute Gasteiger partial charge is 0.497 e. The standard InChI is InChI=1S/C23H19F3N2O2/c1-15-8-10-16(11-9-15)22(23(24,25)26)28-21(27-17-6-4-3-5-7-17)19-13-12-18(29-2)14-20(19)30-22/h3-14H,1-2H3,(H,27,28). The number of methoxy groups -OCH3 is 1. The van der Waals surface area contributed by atoms with E-state index in [2.05, 4.69) is 10.3 Å². The Labute approximate surface area is 172 Å². The molecule has 0 saturated heterocycles. The summed E-state index contributed by atoms with van der Waals surface area (Å²) < 4.78 is 54.2. The van der Waals surface area contributed by atoms with E-state index in [1.54, 1.807) is 55.5 Å². The number of ether oxygens (including phenoxy) is 2. The summed E-state index contributed by atoms with van der Waals surface area (Å²) >= 11 is 0. The third-order valence-electron chi connectivity index (χ3n) is 4.83. The van der Waals surface area contributed by atoms with E-state index >= 15 is 0 Å². The Kier molecular flexibility index (Phi) is 4.89. The Balaban J connectivity index is 1.93. The number of aryl methyl sites for hydroxylation is 1. The van der Waals surface area contributed by atoms with Crippen LogP contribution < -0.4 is 14.8 Å².